The highest BCUT2D eigenvalue weighted by Gasteiger charge is 2.53. The smallest absolute Gasteiger partial charge is 0.294 e. The van der Waals surface area contributed by atoms with Crippen molar-refractivity contribution in [2.45, 2.75) is 56.5 Å². The molecule has 3 aromatic rings. The van der Waals surface area contributed by atoms with Gasteiger partial charge in [-0.1, -0.05) is 16.4 Å². The van der Waals surface area contributed by atoms with Crippen molar-refractivity contribution in [1.82, 2.24) is 24.9 Å². The third-order valence-corrected chi connectivity index (χ3v) is 7.09. The summed E-state index contributed by atoms with van der Waals surface area (Å²) >= 11 is 1.04. The molecule has 11 heteroatoms. The second-order valence-electron chi connectivity index (χ2n) is 8.30. The SMILES string of the molecule is Cc1ccn(-c2ccc(-c3nnc(OC4CC5C(F)CC(F)C(C4F)N5C)s3)c(O)c2)n1. The predicted octanol–water partition coefficient (Wildman–Crippen LogP) is 3.64. The molecule has 7 nitrogen and oxygen atoms in total. The molecule has 170 valence electrons. The highest BCUT2D eigenvalue weighted by atomic mass is 32.1. The van der Waals surface area contributed by atoms with E-state index in [4.69, 9.17) is 4.74 Å². The molecule has 0 spiro atoms. The van der Waals surface area contributed by atoms with Gasteiger partial charge in [0, 0.05) is 31.1 Å². The highest BCUT2D eigenvalue weighted by molar-refractivity contribution is 7.16. The fourth-order valence-corrected chi connectivity index (χ4v) is 5.36. The fourth-order valence-electron chi connectivity index (χ4n) is 4.58. The van der Waals surface area contributed by atoms with E-state index in [0.717, 1.165) is 17.0 Å². The van der Waals surface area contributed by atoms with Gasteiger partial charge in [-0.15, -0.1) is 5.10 Å². The maximum atomic E-state index is 15.0. The van der Waals surface area contributed by atoms with Gasteiger partial charge in [-0.2, -0.15) is 5.10 Å². The first kappa shape index (κ1) is 21.2. The van der Waals surface area contributed by atoms with Gasteiger partial charge in [-0.05, 0) is 32.2 Å². The van der Waals surface area contributed by atoms with E-state index in [1.54, 1.807) is 36.1 Å². The first-order valence-corrected chi connectivity index (χ1v) is 11.1. The summed E-state index contributed by atoms with van der Waals surface area (Å²) in [6.45, 7) is 1.87. The third-order valence-electron chi connectivity index (χ3n) is 6.24. The molecule has 6 atom stereocenters. The lowest BCUT2D eigenvalue weighted by molar-refractivity contribution is -0.118. The van der Waals surface area contributed by atoms with E-state index in [0.29, 0.717) is 16.3 Å². The van der Waals surface area contributed by atoms with Gasteiger partial charge in [0.25, 0.3) is 5.19 Å². The van der Waals surface area contributed by atoms with Crippen molar-refractivity contribution < 1.29 is 23.0 Å². The molecule has 1 N–H and O–H groups in total. The second kappa shape index (κ2) is 8.04. The Kier molecular flexibility index (Phi) is 5.32. The van der Waals surface area contributed by atoms with Crippen LogP contribution in [0.15, 0.2) is 30.5 Å². The summed E-state index contributed by atoms with van der Waals surface area (Å²) < 4.78 is 51.0. The molecule has 2 aliphatic rings. The predicted molar refractivity (Wildman–Crippen MR) is 113 cm³/mol. The van der Waals surface area contributed by atoms with E-state index in [1.807, 2.05) is 13.0 Å². The minimum Gasteiger partial charge on any atom is -0.507 e. The van der Waals surface area contributed by atoms with Crippen LogP contribution in [0.4, 0.5) is 13.2 Å². The Morgan fingerprint density at radius 3 is 2.66 bits per heavy atom. The van der Waals surface area contributed by atoms with Crippen molar-refractivity contribution in [3.63, 3.8) is 0 Å². The number of aryl methyl sites for hydroxylation is 1. The van der Waals surface area contributed by atoms with Crippen LogP contribution < -0.4 is 4.74 Å². The van der Waals surface area contributed by atoms with Gasteiger partial charge >= 0.3 is 0 Å². The number of ether oxygens (including phenoxy) is 1. The molecular formula is C21H22F3N5O2S. The Balaban J connectivity index is 1.34. The van der Waals surface area contributed by atoms with Gasteiger partial charge in [0.15, 0.2) is 11.2 Å². The van der Waals surface area contributed by atoms with Gasteiger partial charge in [0.1, 0.15) is 24.2 Å². The van der Waals surface area contributed by atoms with E-state index in [1.165, 1.54) is 4.90 Å². The molecule has 1 aromatic carbocycles. The van der Waals surface area contributed by atoms with E-state index >= 15 is 4.39 Å². The number of rotatable bonds is 4. The number of aromatic hydroxyl groups is 1. The molecule has 4 heterocycles. The number of nitrogens with zero attached hydrogens (tertiary/aromatic N) is 5. The number of piperidine rings is 2. The van der Waals surface area contributed by atoms with Crippen LogP contribution in [0.25, 0.3) is 16.3 Å². The molecule has 2 aromatic heterocycles. The highest BCUT2D eigenvalue weighted by Crippen LogP contribution is 2.40. The second-order valence-corrected chi connectivity index (χ2v) is 9.24. The molecule has 6 unspecified atom stereocenters. The minimum absolute atomic E-state index is 0.0175. The lowest BCUT2D eigenvalue weighted by Crippen LogP contribution is -2.66. The molecule has 32 heavy (non-hydrogen) atoms. The zero-order chi connectivity index (χ0) is 22.6. The molecule has 0 aliphatic carbocycles. The number of halogens is 3. The first-order valence-electron chi connectivity index (χ1n) is 10.3. The van der Waals surface area contributed by atoms with Crippen molar-refractivity contribution in [3.8, 4) is 27.2 Å². The van der Waals surface area contributed by atoms with Crippen LogP contribution in [0.3, 0.4) is 0 Å². The summed E-state index contributed by atoms with van der Waals surface area (Å²) in [6, 6.07) is 5.24. The van der Waals surface area contributed by atoms with E-state index in [2.05, 4.69) is 15.3 Å². The molecule has 2 saturated heterocycles. The number of phenols is 1. The third kappa shape index (κ3) is 3.62. The van der Waals surface area contributed by atoms with E-state index < -0.39 is 36.7 Å². The quantitative estimate of drug-likeness (QED) is 0.634. The molecule has 2 bridgehead atoms. The molecule has 0 radical (unpaired) electrons. The number of hydrogen-bond donors (Lipinski definition) is 1. The van der Waals surface area contributed by atoms with Gasteiger partial charge in [-0.25, -0.2) is 17.9 Å². The lowest BCUT2D eigenvalue weighted by atomic mass is 9.80. The number of benzene rings is 1. The summed E-state index contributed by atoms with van der Waals surface area (Å²) in [7, 11) is 1.55. The Morgan fingerprint density at radius 1 is 1.12 bits per heavy atom. The van der Waals surface area contributed by atoms with Gasteiger partial charge in [0.2, 0.25) is 0 Å². The van der Waals surface area contributed by atoms with Crippen molar-refractivity contribution >= 4 is 11.3 Å². The van der Waals surface area contributed by atoms with Crippen molar-refractivity contribution in [1.29, 1.82) is 0 Å². The maximum absolute atomic E-state index is 15.0. The Labute approximate surface area is 186 Å². The Hall–Kier alpha value is -2.66. The van der Waals surface area contributed by atoms with Gasteiger partial charge in [0.05, 0.1) is 23.0 Å². The van der Waals surface area contributed by atoms with E-state index in [-0.39, 0.29) is 23.8 Å². The van der Waals surface area contributed by atoms with Crippen LogP contribution in [0, 0.1) is 6.92 Å². The fraction of sp³-hybridized carbons (Fsp3) is 0.476. The molecular weight excluding hydrogens is 443 g/mol. The van der Waals surface area contributed by atoms with Crippen molar-refractivity contribution in [2.75, 3.05) is 7.05 Å². The van der Waals surface area contributed by atoms with Crippen molar-refractivity contribution in [2.24, 2.45) is 0 Å². The topological polar surface area (TPSA) is 76.3 Å². The molecule has 5 rings (SSSR count). The van der Waals surface area contributed by atoms with Crippen LogP contribution >= 0.6 is 11.3 Å². The number of fused-ring (bicyclic) bond motifs is 2. The monoisotopic (exact) mass is 465 g/mol. The van der Waals surface area contributed by atoms with Crippen LogP contribution in [-0.2, 0) is 0 Å². The number of aromatic nitrogens is 4. The number of phenolic OH excluding ortho intramolecular Hbond substituents is 1. The average molecular weight is 466 g/mol. The summed E-state index contributed by atoms with van der Waals surface area (Å²) in [4.78, 5) is 1.45. The summed E-state index contributed by atoms with van der Waals surface area (Å²) in [6.07, 6.45) is -4.00. The minimum atomic E-state index is -1.61. The maximum Gasteiger partial charge on any atom is 0.294 e. The molecule has 0 saturated carbocycles. The van der Waals surface area contributed by atoms with Crippen LogP contribution in [0.1, 0.15) is 18.5 Å². The van der Waals surface area contributed by atoms with Crippen LogP contribution in [-0.4, -0.2) is 73.7 Å². The zero-order valence-electron chi connectivity index (χ0n) is 17.4. The van der Waals surface area contributed by atoms with Gasteiger partial charge < -0.3 is 9.84 Å². The standard InChI is InChI=1S/C21H22F3N5O2S/c1-10-5-6-29(27-10)11-3-4-12(16(30)7-11)20-25-26-21(32-20)31-17-9-15-13(22)8-14(23)19(18(17)24)28(15)2/h3-7,13-15,17-19,30H,8-9H2,1-2H3. The molecule has 2 fully saturated rings. The normalized spacial score (nSPS) is 30.4. The Bertz CT molecular complexity index is 1120. The summed E-state index contributed by atoms with van der Waals surface area (Å²) in [5.41, 5.74) is 1.97. The van der Waals surface area contributed by atoms with Crippen LogP contribution in [0.5, 0.6) is 10.9 Å². The number of hydrogen-bond acceptors (Lipinski definition) is 7. The first-order chi connectivity index (χ1) is 15.3. The molecule has 2 aliphatic heterocycles. The van der Waals surface area contributed by atoms with Gasteiger partial charge in [-0.3, -0.25) is 4.90 Å². The largest absolute Gasteiger partial charge is 0.507 e. The van der Waals surface area contributed by atoms with E-state index in [9.17, 15) is 13.9 Å². The molecule has 0 amide bonds. The summed E-state index contributed by atoms with van der Waals surface area (Å²) in [5.74, 6) is -0.0175. The number of alkyl halides is 3. The van der Waals surface area contributed by atoms with Crippen LogP contribution in [0.2, 0.25) is 0 Å². The van der Waals surface area contributed by atoms with Crippen molar-refractivity contribution in [3.05, 3.63) is 36.2 Å². The zero-order valence-corrected chi connectivity index (χ0v) is 18.2. The lowest BCUT2D eigenvalue weighted by Gasteiger charge is -2.50. The Morgan fingerprint density at radius 2 is 1.94 bits per heavy atom. The summed E-state index contributed by atoms with van der Waals surface area (Å²) in [5, 5.41) is 23.3. The average Bonchev–Trinajstić information content (AvgIpc) is 3.38.